The molecular weight excluding hydrogens is 553 g/mol. The van der Waals surface area contributed by atoms with Crippen molar-refractivity contribution in [3.05, 3.63) is 87.4 Å². The molecule has 4 rings (SSSR count). The van der Waals surface area contributed by atoms with Crippen molar-refractivity contribution in [3.8, 4) is 5.75 Å². The molecule has 1 saturated heterocycles. The van der Waals surface area contributed by atoms with Crippen LogP contribution in [-0.4, -0.2) is 41.0 Å². The second-order valence-electron chi connectivity index (χ2n) is 8.34. The molecule has 0 spiro atoms. The summed E-state index contributed by atoms with van der Waals surface area (Å²) in [5.41, 5.74) is 2.02. The van der Waals surface area contributed by atoms with Gasteiger partial charge in [0.25, 0.3) is 5.91 Å². The van der Waals surface area contributed by atoms with Gasteiger partial charge in [0.2, 0.25) is 5.91 Å². The minimum Gasteiger partial charge on any atom is -0.494 e. The molecule has 1 N–H and O–H groups in total. The van der Waals surface area contributed by atoms with Gasteiger partial charge in [0.05, 0.1) is 18.7 Å². The summed E-state index contributed by atoms with van der Waals surface area (Å²) in [5.74, 6) is 0.0830. The summed E-state index contributed by atoms with van der Waals surface area (Å²) in [6.45, 7) is 2.82. The Labute approximate surface area is 236 Å². The lowest BCUT2D eigenvalue weighted by Crippen LogP contribution is -2.39. The topological polar surface area (TPSA) is 61.9 Å². The highest BCUT2D eigenvalue weighted by Gasteiger charge is 2.44. The van der Waals surface area contributed by atoms with E-state index in [1.54, 1.807) is 65.6 Å². The highest BCUT2D eigenvalue weighted by atomic mass is 35.5. The SMILES string of the molecule is CCOc1ccc(N2C(=O)C(CC(=O)Nc3cccc(Cl)c3)N(CCc3ccc(Cl)cc3Cl)C2=S)cc1. The first-order chi connectivity index (χ1) is 17.8. The maximum Gasteiger partial charge on any atom is 0.256 e. The van der Waals surface area contributed by atoms with E-state index in [0.717, 1.165) is 5.56 Å². The van der Waals surface area contributed by atoms with E-state index in [4.69, 9.17) is 51.8 Å². The molecule has 1 unspecified atom stereocenters. The second-order valence-corrected chi connectivity index (χ2v) is 9.99. The first-order valence-corrected chi connectivity index (χ1v) is 13.2. The molecule has 192 valence electrons. The fourth-order valence-electron chi connectivity index (χ4n) is 4.10. The second kappa shape index (κ2) is 12.1. The molecule has 1 atom stereocenters. The molecule has 0 bridgehead atoms. The number of hydrogen-bond acceptors (Lipinski definition) is 4. The summed E-state index contributed by atoms with van der Waals surface area (Å²) in [4.78, 5) is 29.8. The molecule has 6 nitrogen and oxygen atoms in total. The van der Waals surface area contributed by atoms with Crippen molar-refractivity contribution in [3.63, 3.8) is 0 Å². The van der Waals surface area contributed by atoms with E-state index < -0.39 is 6.04 Å². The van der Waals surface area contributed by atoms with Gasteiger partial charge < -0.3 is 15.0 Å². The number of benzene rings is 3. The molecule has 1 aliphatic heterocycles. The lowest BCUT2D eigenvalue weighted by atomic mass is 10.1. The van der Waals surface area contributed by atoms with Gasteiger partial charge in [-0.2, -0.15) is 0 Å². The number of carbonyl (C=O) groups is 2. The molecule has 0 aromatic heterocycles. The average molecular weight is 577 g/mol. The first kappa shape index (κ1) is 27.2. The van der Waals surface area contributed by atoms with Crippen LogP contribution in [0.25, 0.3) is 0 Å². The van der Waals surface area contributed by atoms with Crippen molar-refractivity contribution in [2.45, 2.75) is 25.8 Å². The zero-order chi connectivity index (χ0) is 26.5. The van der Waals surface area contributed by atoms with Gasteiger partial charge in [-0.3, -0.25) is 14.5 Å². The minimum atomic E-state index is -0.788. The number of nitrogens with one attached hydrogen (secondary N) is 1. The molecule has 1 aliphatic rings. The standard InChI is InChI=1S/C27H24Cl3N3O3S/c1-2-36-22-10-8-21(9-11-22)33-26(35)24(16-25(34)31-20-5-3-4-18(28)14-20)32(27(33)37)13-12-17-6-7-19(29)15-23(17)30/h3-11,14-15,24H,2,12-13,16H2,1H3,(H,31,34). The van der Waals surface area contributed by atoms with Crippen LogP contribution in [0.4, 0.5) is 11.4 Å². The van der Waals surface area contributed by atoms with Crippen LogP contribution in [0.1, 0.15) is 18.9 Å². The van der Waals surface area contributed by atoms with Crippen LogP contribution < -0.4 is 15.0 Å². The van der Waals surface area contributed by atoms with Crippen molar-refractivity contribution in [1.29, 1.82) is 0 Å². The van der Waals surface area contributed by atoms with Gasteiger partial charge >= 0.3 is 0 Å². The van der Waals surface area contributed by atoms with Crippen LogP contribution in [0.15, 0.2) is 66.7 Å². The number of nitrogens with zero attached hydrogens (tertiary/aromatic N) is 2. The van der Waals surface area contributed by atoms with Crippen molar-refractivity contribution < 1.29 is 14.3 Å². The number of ether oxygens (including phenoxy) is 1. The fourth-order valence-corrected chi connectivity index (χ4v) is 5.21. The van der Waals surface area contributed by atoms with Gasteiger partial charge in [0.1, 0.15) is 11.8 Å². The fraction of sp³-hybridized carbons (Fsp3) is 0.222. The van der Waals surface area contributed by atoms with E-state index in [1.165, 1.54) is 4.90 Å². The third-order valence-corrected chi connectivity index (χ3v) is 7.09. The van der Waals surface area contributed by atoms with Gasteiger partial charge in [0.15, 0.2) is 5.11 Å². The Morgan fingerprint density at radius 2 is 1.76 bits per heavy atom. The Morgan fingerprint density at radius 1 is 1.03 bits per heavy atom. The summed E-state index contributed by atoms with van der Waals surface area (Å²) in [6.07, 6.45) is 0.417. The number of carbonyl (C=O) groups excluding carboxylic acids is 2. The van der Waals surface area contributed by atoms with Crippen LogP contribution in [-0.2, 0) is 16.0 Å². The van der Waals surface area contributed by atoms with E-state index in [9.17, 15) is 9.59 Å². The monoisotopic (exact) mass is 575 g/mol. The number of amides is 2. The summed E-state index contributed by atoms with van der Waals surface area (Å²) in [5, 5.41) is 4.70. The predicted octanol–water partition coefficient (Wildman–Crippen LogP) is 6.62. The summed E-state index contributed by atoms with van der Waals surface area (Å²) in [6, 6.07) is 18.4. The normalized spacial score (nSPS) is 15.3. The molecule has 0 aliphatic carbocycles. The third-order valence-electron chi connectivity index (χ3n) is 5.85. The molecule has 0 radical (unpaired) electrons. The van der Waals surface area contributed by atoms with Crippen LogP contribution in [0.2, 0.25) is 15.1 Å². The Balaban J connectivity index is 1.57. The zero-order valence-corrected chi connectivity index (χ0v) is 23.0. The van der Waals surface area contributed by atoms with E-state index in [-0.39, 0.29) is 18.2 Å². The Bertz CT molecular complexity index is 1320. The van der Waals surface area contributed by atoms with Gasteiger partial charge in [0, 0.05) is 27.3 Å². The van der Waals surface area contributed by atoms with Crippen molar-refractivity contribution in [2.24, 2.45) is 0 Å². The number of rotatable bonds is 9. The summed E-state index contributed by atoms with van der Waals surface area (Å²) >= 11 is 24.2. The molecule has 2 amide bonds. The summed E-state index contributed by atoms with van der Waals surface area (Å²) in [7, 11) is 0. The highest BCUT2D eigenvalue weighted by molar-refractivity contribution is 7.80. The Morgan fingerprint density at radius 3 is 2.43 bits per heavy atom. The number of anilines is 2. The zero-order valence-electron chi connectivity index (χ0n) is 19.9. The molecule has 3 aromatic carbocycles. The maximum atomic E-state index is 13.6. The van der Waals surface area contributed by atoms with Crippen LogP contribution in [0.3, 0.4) is 0 Å². The van der Waals surface area contributed by atoms with Crippen molar-refractivity contribution in [2.75, 3.05) is 23.4 Å². The van der Waals surface area contributed by atoms with Crippen LogP contribution >= 0.6 is 47.0 Å². The van der Waals surface area contributed by atoms with Gasteiger partial charge in [-0.25, -0.2) is 0 Å². The molecule has 1 fully saturated rings. The van der Waals surface area contributed by atoms with E-state index in [0.29, 0.717) is 56.9 Å². The van der Waals surface area contributed by atoms with E-state index >= 15 is 0 Å². The van der Waals surface area contributed by atoms with E-state index in [2.05, 4.69) is 5.32 Å². The average Bonchev–Trinajstić information content (AvgIpc) is 3.08. The highest BCUT2D eigenvalue weighted by Crippen LogP contribution is 2.30. The van der Waals surface area contributed by atoms with Crippen molar-refractivity contribution >= 4 is 75.3 Å². The lowest BCUT2D eigenvalue weighted by Gasteiger charge is -2.24. The molecule has 1 heterocycles. The number of thiocarbonyl (C=S) groups is 1. The largest absolute Gasteiger partial charge is 0.494 e. The first-order valence-electron chi connectivity index (χ1n) is 11.6. The van der Waals surface area contributed by atoms with Crippen LogP contribution in [0, 0.1) is 0 Å². The Kier molecular flexibility index (Phi) is 8.92. The van der Waals surface area contributed by atoms with Gasteiger partial charge in [-0.1, -0.05) is 46.9 Å². The predicted molar refractivity (Wildman–Crippen MR) is 153 cm³/mol. The number of halogens is 3. The smallest absolute Gasteiger partial charge is 0.256 e. The molecule has 0 saturated carbocycles. The van der Waals surface area contributed by atoms with Gasteiger partial charge in [-0.05, 0) is 85.7 Å². The molecule has 37 heavy (non-hydrogen) atoms. The third kappa shape index (κ3) is 6.54. The maximum absolute atomic E-state index is 13.6. The van der Waals surface area contributed by atoms with Crippen LogP contribution in [0.5, 0.6) is 5.75 Å². The molecule has 10 heteroatoms. The van der Waals surface area contributed by atoms with Gasteiger partial charge in [-0.15, -0.1) is 0 Å². The Hall–Kier alpha value is -2.84. The quantitative estimate of drug-likeness (QED) is 0.290. The minimum absolute atomic E-state index is 0.0899. The van der Waals surface area contributed by atoms with Crippen molar-refractivity contribution in [1.82, 2.24) is 4.90 Å². The summed E-state index contributed by atoms with van der Waals surface area (Å²) < 4.78 is 5.51. The molecular formula is C27H24Cl3N3O3S. The number of hydrogen-bond donors (Lipinski definition) is 1. The lowest BCUT2D eigenvalue weighted by molar-refractivity contribution is -0.124. The van der Waals surface area contributed by atoms with E-state index in [1.807, 2.05) is 13.0 Å². The molecule has 3 aromatic rings.